The maximum atomic E-state index is 12.0. The van der Waals surface area contributed by atoms with Crippen molar-refractivity contribution in [2.75, 3.05) is 27.2 Å². The number of hydrogen-bond acceptors (Lipinski definition) is 7. The molecule has 3 rings (SSSR count). The van der Waals surface area contributed by atoms with Gasteiger partial charge >= 0.3 is 5.69 Å². The highest BCUT2D eigenvalue weighted by atomic mass is 32.7. The summed E-state index contributed by atoms with van der Waals surface area (Å²) in [6, 6.07) is 11.5. The number of nitrogens with zero attached hydrogens (tertiary/aromatic N) is 2. The van der Waals surface area contributed by atoms with Gasteiger partial charge in [-0.2, -0.15) is 0 Å². The number of hydrogen-bond donors (Lipinski definition) is 2. The monoisotopic (exact) mass is 434 g/mol. The molecule has 0 spiro atoms. The lowest BCUT2D eigenvalue weighted by molar-refractivity contribution is -0.385. The molecule has 1 amide bonds. The summed E-state index contributed by atoms with van der Waals surface area (Å²) in [7, 11) is 2.88. The Morgan fingerprint density at radius 3 is 2.52 bits per heavy atom. The van der Waals surface area contributed by atoms with Crippen LogP contribution in [0.5, 0.6) is 11.5 Å². The third kappa shape index (κ3) is 5.90. The quantitative estimate of drug-likeness (QED) is 0.384. The second-order valence-corrected chi connectivity index (χ2v) is 10.3. The van der Waals surface area contributed by atoms with Crippen molar-refractivity contribution in [1.82, 2.24) is 15.1 Å². The first-order valence-electron chi connectivity index (χ1n) is 9.11. The largest absolute Gasteiger partial charge is 0.450 e. The molecule has 1 saturated heterocycles. The predicted octanol–water partition coefficient (Wildman–Crippen LogP) is 4.13. The molecule has 1 fully saturated rings. The molecule has 1 aliphatic heterocycles. The van der Waals surface area contributed by atoms with Crippen molar-refractivity contribution in [3.63, 3.8) is 0 Å². The summed E-state index contributed by atoms with van der Waals surface area (Å²) >= 11 is 1.76. The highest BCUT2D eigenvalue weighted by molar-refractivity contribution is 8.54. The standard InChI is InChI=1S/C19H23N4O4PS/c1-22(2)19(24)15-5-7-16(8-6-15)27-18-12-14(4-9-17(18)23(25)26)13-29-28-20-10-3-11-21-28/h4-9,12,20-21H,3,10-11,13H2,1-2H3. The van der Waals surface area contributed by atoms with Crippen LogP contribution in [0, 0.1) is 10.1 Å². The number of nitrogens with one attached hydrogen (secondary N) is 2. The zero-order chi connectivity index (χ0) is 20.8. The van der Waals surface area contributed by atoms with Gasteiger partial charge in [0.1, 0.15) is 5.75 Å². The van der Waals surface area contributed by atoms with Crippen LogP contribution in [-0.2, 0) is 5.75 Å². The van der Waals surface area contributed by atoms with Crippen molar-refractivity contribution in [3.05, 3.63) is 63.7 Å². The van der Waals surface area contributed by atoms with E-state index in [1.54, 1.807) is 61.9 Å². The summed E-state index contributed by atoms with van der Waals surface area (Å²) in [5, 5.41) is 18.3. The van der Waals surface area contributed by atoms with E-state index >= 15 is 0 Å². The Morgan fingerprint density at radius 1 is 1.21 bits per heavy atom. The van der Waals surface area contributed by atoms with Crippen LogP contribution < -0.4 is 14.9 Å². The summed E-state index contributed by atoms with van der Waals surface area (Å²) in [5.41, 5.74) is 1.38. The van der Waals surface area contributed by atoms with Crippen LogP contribution in [0.15, 0.2) is 42.5 Å². The van der Waals surface area contributed by atoms with Gasteiger partial charge in [-0.1, -0.05) is 17.4 Å². The topological polar surface area (TPSA) is 96.7 Å². The Kier molecular flexibility index (Phi) is 7.44. The lowest BCUT2D eigenvalue weighted by Crippen LogP contribution is -2.26. The number of ether oxygens (including phenoxy) is 1. The normalized spacial score (nSPS) is 14.4. The van der Waals surface area contributed by atoms with Crippen LogP contribution in [0.4, 0.5) is 5.69 Å². The molecule has 0 unspecified atom stereocenters. The minimum atomic E-state index is -0.483. The van der Waals surface area contributed by atoms with Gasteiger partial charge in [0, 0.05) is 44.6 Å². The first-order valence-corrected chi connectivity index (χ1v) is 12.0. The van der Waals surface area contributed by atoms with Crippen LogP contribution >= 0.6 is 18.8 Å². The van der Waals surface area contributed by atoms with Gasteiger partial charge < -0.3 is 9.64 Å². The maximum Gasteiger partial charge on any atom is 0.311 e. The van der Waals surface area contributed by atoms with Crippen molar-refractivity contribution in [3.8, 4) is 11.5 Å². The van der Waals surface area contributed by atoms with Gasteiger partial charge in [-0.25, -0.2) is 0 Å². The molecule has 8 nitrogen and oxygen atoms in total. The van der Waals surface area contributed by atoms with Crippen molar-refractivity contribution in [1.29, 1.82) is 0 Å². The summed E-state index contributed by atoms with van der Waals surface area (Å²) in [6.07, 6.45) is 1.12. The van der Waals surface area contributed by atoms with Crippen molar-refractivity contribution >= 4 is 30.4 Å². The molecule has 2 aromatic carbocycles. The van der Waals surface area contributed by atoms with E-state index in [1.165, 1.54) is 11.0 Å². The van der Waals surface area contributed by atoms with E-state index in [0.717, 1.165) is 30.8 Å². The number of carbonyl (C=O) groups is 1. The Balaban J connectivity index is 1.73. The van der Waals surface area contributed by atoms with Gasteiger partial charge in [-0.15, -0.1) is 0 Å². The fraction of sp³-hybridized carbons (Fsp3) is 0.316. The van der Waals surface area contributed by atoms with Crippen molar-refractivity contribution in [2.24, 2.45) is 0 Å². The number of nitro groups is 1. The van der Waals surface area contributed by atoms with Gasteiger partial charge in [-0.3, -0.25) is 25.1 Å². The fourth-order valence-corrected chi connectivity index (χ4v) is 6.07. The maximum absolute atomic E-state index is 12.0. The number of nitro benzene ring substituents is 1. The van der Waals surface area contributed by atoms with Crippen LogP contribution in [0.3, 0.4) is 0 Å². The Morgan fingerprint density at radius 2 is 1.90 bits per heavy atom. The molecule has 0 aromatic heterocycles. The molecule has 1 heterocycles. The molecule has 0 bridgehead atoms. The Labute approximate surface area is 174 Å². The van der Waals surface area contributed by atoms with Crippen LogP contribution in [0.2, 0.25) is 0 Å². The summed E-state index contributed by atoms with van der Waals surface area (Å²) < 4.78 is 5.80. The zero-order valence-electron chi connectivity index (χ0n) is 16.3. The molecule has 29 heavy (non-hydrogen) atoms. The molecule has 2 N–H and O–H groups in total. The average molecular weight is 434 g/mol. The molecule has 0 saturated carbocycles. The molecule has 0 aliphatic carbocycles. The van der Waals surface area contributed by atoms with Gasteiger partial charge in [0.25, 0.3) is 5.91 Å². The van der Waals surface area contributed by atoms with Gasteiger partial charge in [0.2, 0.25) is 5.75 Å². The van der Waals surface area contributed by atoms with Crippen LogP contribution in [0.1, 0.15) is 22.3 Å². The third-order valence-electron chi connectivity index (χ3n) is 4.18. The molecular formula is C19H23N4O4PS. The number of amides is 1. The van der Waals surface area contributed by atoms with E-state index in [2.05, 4.69) is 10.2 Å². The molecule has 10 heteroatoms. The third-order valence-corrected chi connectivity index (χ3v) is 7.86. The highest BCUT2D eigenvalue weighted by Crippen LogP contribution is 2.45. The first-order chi connectivity index (χ1) is 13.9. The van der Waals surface area contributed by atoms with Crippen LogP contribution in [0.25, 0.3) is 0 Å². The fourth-order valence-electron chi connectivity index (χ4n) is 2.67. The SMILES string of the molecule is CN(C)C(=O)c1ccc(Oc2cc(CSP3NCCCN3)ccc2[N+](=O)[O-])cc1. The van der Waals surface area contributed by atoms with Crippen molar-refractivity contribution in [2.45, 2.75) is 12.2 Å². The minimum absolute atomic E-state index is 0.0909. The van der Waals surface area contributed by atoms with Crippen LogP contribution in [-0.4, -0.2) is 42.9 Å². The van der Waals surface area contributed by atoms with E-state index in [1.807, 2.05) is 0 Å². The molecule has 2 aromatic rings. The van der Waals surface area contributed by atoms with Gasteiger partial charge in [0.05, 0.1) is 12.3 Å². The average Bonchev–Trinajstić information content (AvgIpc) is 2.73. The Hall–Kier alpha value is -2.19. The summed E-state index contributed by atoms with van der Waals surface area (Å²) in [4.78, 5) is 24.4. The lowest BCUT2D eigenvalue weighted by atomic mass is 10.2. The number of rotatable bonds is 7. The van der Waals surface area contributed by atoms with Crippen molar-refractivity contribution < 1.29 is 14.5 Å². The minimum Gasteiger partial charge on any atom is -0.450 e. The molecule has 1 aliphatic rings. The highest BCUT2D eigenvalue weighted by Gasteiger charge is 2.18. The second-order valence-electron chi connectivity index (χ2n) is 6.62. The molecule has 0 atom stereocenters. The van der Waals surface area contributed by atoms with E-state index in [4.69, 9.17) is 4.74 Å². The molecule has 0 radical (unpaired) electrons. The van der Waals surface area contributed by atoms with E-state index < -0.39 is 12.3 Å². The lowest BCUT2D eigenvalue weighted by Gasteiger charge is -2.23. The van der Waals surface area contributed by atoms with Gasteiger partial charge in [0.15, 0.2) is 0 Å². The smallest absolute Gasteiger partial charge is 0.311 e. The summed E-state index contributed by atoms with van der Waals surface area (Å²) in [6.45, 7) is 2.01. The predicted molar refractivity (Wildman–Crippen MR) is 116 cm³/mol. The first kappa shape index (κ1) is 21.5. The Bertz CT molecular complexity index is 873. The molecular weight excluding hydrogens is 411 g/mol. The molecule has 154 valence electrons. The van der Waals surface area contributed by atoms with E-state index in [-0.39, 0.29) is 17.3 Å². The summed E-state index contributed by atoms with van der Waals surface area (Å²) in [5.74, 6) is 1.23. The second kappa shape index (κ2) is 10.0. The van der Waals surface area contributed by atoms with E-state index in [9.17, 15) is 14.9 Å². The zero-order valence-corrected chi connectivity index (χ0v) is 18.0. The number of carbonyl (C=O) groups excluding carboxylic acids is 1. The van der Waals surface area contributed by atoms with Gasteiger partial charge in [-0.05, 0) is 42.3 Å². The number of benzene rings is 2. The van der Waals surface area contributed by atoms with E-state index in [0.29, 0.717) is 11.3 Å².